The first kappa shape index (κ1) is 13.2. The van der Waals surface area contributed by atoms with Crippen LogP contribution in [0.25, 0.3) is 0 Å². The number of halogens is 4. The summed E-state index contributed by atoms with van der Waals surface area (Å²) in [6.07, 6.45) is 2.54. The number of hydrogen-bond donors (Lipinski definition) is 1. The third kappa shape index (κ3) is 3.04. The molecule has 0 heterocycles. The van der Waals surface area contributed by atoms with Gasteiger partial charge in [-0.3, -0.25) is 0 Å². The van der Waals surface area contributed by atoms with Crippen LogP contribution >= 0.6 is 11.8 Å². The third-order valence-corrected chi connectivity index (χ3v) is 2.64. The Hall–Kier alpha value is -0.910. The molecule has 0 amide bonds. The zero-order valence-corrected chi connectivity index (χ0v) is 9.44. The Morgan fingerprint density at radius 3 is 2.19 bits per heavy atom. The van der Waals surface area contributed by atoms with Gasteiger partial charge in [-0.15, -0.1) is 0 Å². The SMILES string of the molecule is CSCCCNc1c(F)c(F)cc(F)c1F. The summed E-state index contributed by atoms with van der Waals surface area (Å²) in [5.74, 6) is -4.77. The molecule has 0 spiro atoms. The van der Waals surface area contributed by atoms with Crippen molar-refractivity contribution in [3.63, 3.8) is 0 Å². The quantitative estimate of drug-likeness (QED) is 0.490. The summed E-state index contributed by atoms with van der Waals surface area (Å²) in [6, 6.07) is 0.192. The molecule has 1 aromatic carbocycles. The summed E-state index contributed by atoms with van der Waals surface area (Å²) in [4.78, 5) is 0. The van der Waals surface area contributed by atoms with Crippen LogP contribution in [0.15, 0.2) is 6.07 Å². The Kier molecular flexibility index (Phi) is 4.92. The van der Waals surface area contributed by atoms with Crippen molar-refractivity contribution >= 4 is 17.4 Å². The second kappa shape index (κ2) is 5.98. The molecule has 0 aliphatic heterocycles. The highest BCUT2D eigenvalue weighted by Gasteiger charge is 2.18. The molecular formula is C10H11F4NS. The molecule has 6 heteroatoms. The van der Waals surface area contributed by atoms with Gasteiger partial charge < -0.3 is 5.32 Å². The van der Waals surface area contributed by atoms with Gasteiger partial charge in [-0.2, -0.15) is 11.8 Å². The Bertz CT molecular complexity index is 344. The maximum absolute atomic E-state index is 13.1. The fourth-order valence-electron chi connectivity index (χ4n) is 1.16. The van der Waals surface area contributed by atoms with Crippen LogP contribution in [0.3, 0.4) is 0 Å². The maximum Gasteiger partial charge on any atom is 0.185 e. The Balaban J connectivity index is 2.78. The number of thioether (sulfide) groups is 1. The molecule has 16 heavy (non-hydrogen) atoms. The molecule has 0 bridgehead atoms. The van der Waals surface area contributed by atoms with Gasteiger partial charge in [0.1, 0.15) is 5.69 Å². The minimum atomic E-state index is -1.40. The van der Waals surface area contributed by atoms with Gasteiger partial charge in [0.15, 0.2) is 23.3 Å². The zero-order valence-electron chi connectivity index (χ0n) is 8.62. The van der Waals surface area contributed by atoms with E-state index >= 15 is 0 Å². The molecule has 0 aliphatic carbocycles. The van der Waals surface area contributed by atoms with Crippen molar-refractivity contribution in [2.24, 2.45) is 0 Å². The van der Waals surface area contributed by atoms with Gasteiger partial charge in [-0.1, -0.05) is 0 Å². The zero-order chi connectivity index (χ0) is 12.1. The first-order chi connectivity index (χ1) is 7.57. The number of benzene rings is 1. The highest BCUT2D eigenvalue weighted by atomic mass is 32.2. The van der Waals surface area contributed by atoms with E-state index in [2.05, 4.69) is 5.32 Å². The maximum atomic E-state index is 13.1. The topological polar surface area (TPSA) is 12.0 Å². The third-order valence-electron chi connectivity index (χ3n) is 1.94. The van der Waals surface area contributed by atoms with Crippen LogP contribution < -0.4 is 5.32 Å². The first-order valence-corrected chi connectivity index (χ1v) is 6.03. The molecule has 0 aliphatic rings. The average Bonchev–Trinajstić information content (AvgIpc) is 2.25. The van der Waals surface area contributed by atoms with Crippen LogP contribution in [0.2, 0.25) is 0 Å². The lowest BCUT2D eigenvalue weighted by Gasteiger charge is -2.09. The van der Waals surface area contributed by atoms with Gasteiger partial charge in [0.2, 0.25) is 0 Å². The van der Waals surface area contributed by atoms with Crippen LogP contribution in [-0.2, 0) is 0 Å². The molecule has 0 unspecified atom stereocenters. The van der Waals surface area contributed by atoms with E-state index in [0.717, 1.165) is 5.75 Å². The van der Waals surface area contributed by atoms with Crippen LogP contribution in [0.1, 0.15) is 6.42 Å². The number of hydrogen-bond acceptors (Lipinski definition) is 2. The van der Waals surface area contributed by atoms with Gasteiger partial charge in [0.05, 0.1) is 0 Å². The van der Waals surface area contributed by atoms with E-state index < -0.39 is 29.0 Å². The molecular weight excluding hydrogens is 242 g/mol. The summed E-state index contributed by atoms with van der Waals surface area (Å²) in [7, 11) is 0. The summed E-state index contributed by atoms with van der Waals surface area (Å²) in [5, 5.41) is 2.35. The van der Waals surface area contributed by atoms with Crippen molar-refractivity contribution in [3.05, 3.63) is 29.3 Å². The van der Waals surface area contributed by atoms with Gasteiger partial charge in [-0.25, -0.2) is 17.6 Å². The summed E-state index contributed by atoms with van der Waals surface area (Å²) < 4.78 is 51.7. The van der Waals surface area contributed by atoms with Crippen molar-refractivity contribution < 1.29 is 17.6 Å². The van der Waals surface area contributed by atoms with Gasteiger partial charge in [-0.05, 0) is 18.4 Å². The first-order valence-electron chi connectivity index (χ1n) is 4.63. The van der Waals surface area contributed by atoms with Crippen molar-refractivity contribution in [2.45, 2.75) is 6.42 Å². The van der Waals surface area contributed by atoms with Crippen LogP contribution in [0.4, 0.5) is 23.2 Å². The van der Waals surface area contributed by atoms with Crippen LogP contribution in [0, 0.1) is 23.3 Å². The van der Waals surface area contributed by atoms with Crippen molar-refractivity contribution in [2.75, 3.05) is 23.9 Å². The van der Waals surface area contributed by atoms with E-state index in [0.29, 0.717) is 6.42 Å². The van der Waals surface area contributed by atoms with Gasteiger partial charge in [0.25, 0.3) is 0 Å². The van der Waals surface area contributed by atoms with Crippen LogP contribution in [0.5, 0.6) is 0 Å². The summed E-state index contributed by atoms with van der Waals surface area (Å²) >= 11 is 1.58. The Morgan fingerprint density at radius 1 is 1.12 bits per heavy atom. The fraction of sp³-hybridized carbons (Fsp3) is 0.400. The molecule has 0 atom stereocenters. The molecule has 1 nitrogen and oxygen atoms in total. The molecule has 0 radical (unpaired) electrons. The van der Waals surface area contributed by atoms with E-state index in [1.54, 1.807) is 11.8 Å². The highest BCUT2D eigenvalue weighted by Crippen LogP contribution is 2.23. The minimum absolute atomic E-state index is 0.192. The monoisotopic (exact) mass is 253 g/mol. The molecule has 90 valence electrons. The molecule has 0 saturated carbocycles. The van der Waals surface area contributed by atoms with Crippen molar-refractivity contribution in [3.8, 4) is 0 Å². The lowest BCUT2D eigenvalue weighted by molar-refractivity contribution is 0.458. The molecule has 0 saturated heterocycles. The molecule has 1 aromatic rings. The standard InChI is InChI=1S/C10H11F4NS/c1-16-4-2-3-15-10-8(13)6(11)5-7(12)9(10)14/h5,15H,2-4H2,1H3. The predicted molar refractivity (Wildman–Crippen MR) is 57.8 cm³/mol. The van der Waals surface area contributed by atoms with E-state index in [-0.39, 0.29) is 12.6 Å². The van der Waals surface area contributed by atoms with Crippen molar-refractivity contribution in [1.29, 1.82) is 0 Å². The highest BCUT2D eigenvalue weighted by molar-refractivity contribution is 7.98. The molecule has 0 aromatic heterocycles. The lowest BCUT2D eigenvalue weighted by atomic mass is 10.2. The summed E-state index contributed by atoms with van der Waals surface area (Å²) in [5.41, 5.74) is -0.737. The number of anilines is 1. The average molecular weight is 253 g/mol. The lowest BCUT2D eigenvalue weighted by Crippen LogP contribution is -2.09. The number of nitrogens with one attached hydrogen (secondary N) is 1. The van der Waals surface area contributed by atoms with E-state index in [9.17, 15) is 17.6 Å². The van der Waals surface area contributed by atoms with E-state index in [1.165, 1.54) is 0 Å². The smallest absolute Gasteiger partial charge is 0.185 e. The molecule has 1 N–H and O–H groups in total. The van der Waals surface area contributed by atoms with E-state index in [1.807, 2.05) is 6.26 Å². The minimum Gasteiger partial charge on any atom is -0.380 e. The second-order valence-electron chi connectivity index (χ2n) is 3.12. The second-order valence-corrected chi connectivity index (χ2v) is 4.10. The molecule has 1 rings (SSSR count). The van der Waals surface area contributed by atoms with Gasteiger partial charge in [0, 0.05) is 12.6 Å². The normalized spacial score (nSPS) is 10.6. The fourth-order valence-corrected chi connectivity index (χ4v) is 1.59. The summed E-state index contributed by atoms with van der Waals surface area (Å²) in [6.45, 7) is 0.261. The van der Waals surface area contributed by atoms with E-state index in [4.69, 9.17) is 0 Å². The number of rotatable bonds is 5. The predicted octanol–water partition coefficient (Wildman–Crippen LogP) is 3.41. The molecule has 0 fully saturated rings. The Morgan fingerprint density at radius 2 is 1.69 bits per heavy atom. The van der Waals surface area contributed by atoms with Gasteiger partial charge >= 0.3 is 0 Å². The Labute approximate surface area is 95.2 Å². The van der Waals surface area contributed by atoms with Crippen LogP contribution in [-0.4, -0.2) is 18.6 Å². The largest absolute Gasteiger partial charge is 0.380 e. The van der Waals surface area contributed by atoms with Crippen molar-refractivity contribution in [1.82, 2.24) is 0 Å².